The molecule has 3 N–H and O–H groups in total. The van der Waals surface area contributed by atoms with E-state index < -0.39 is 0 Å². The summed E-state index contributed by atoms with van der Waals surface area (Å²) < 4.78 is 0. The van der Waals surface area contributed by atoms with Gasteiger partial charge in [0.25, 0.3) is 0 Å². The summed E-state index contributed by atoms with van der Waals surface area (Å²) in [5.41, 5.74) is 8.05. The third-order valence-corrected chi connectivity index (χ3v) is 5.70. The molecule has 0 aliphatic carbocycles. The van der Waals surface area contributed by atoms with Gasteiger partial charge in [0, 0.05) is 37.1 Å². The van der Waals surface area contributed by atoms with Crippen LogP contribution in [0.4, 0.5) is 5.69 Å². The van der Waals surface area contributed by atoms with Crippen LogP contribution < -0.4 is 11.1 Å². The van der Waals surface area contributed by atoms with E-state index in [1.165, 1.54) is 0 Å². The van der Waals surface area contributed by atoms with E-state index in [2.05, 4.69) is 28.1 Å². The molecule has 2 saturated heterocycles. The maximum atomic E-state index is 11.9. The number of hydrogen-bond acceptors (Lipinski definition) is 5. The van der Waals surface area contributed by atoms with E-state index in [1.54, 1.807) is 17.2 Å². The summed E-state index contributed by atoms with van der Waals surface area (Å²) in [6.45, 7) is 4.76. The minimum absolute atomic E-state index is 0.0759. The fourth-order valence-corrected chi connectivity index (χ4v) is 3.94. The van der Waals surface area contributed by atoms with Crippen LogP contribution in [0.2, 0.25) is 0 Å². The molecule has 2 aromatic rings. The highest BCUT2D eigenvalue weighted by atomic mass is 16.2. The Bertz CT molecular complexity index is 1100. The molecule has 2 amide bonds. The molecule has 2 aliphatic rings. The molecular formula is C26H33N7O2. The van der Waals surface area contributed by atoms with Gasteiger partial charge in [-0.05, 0) is 56.9 Å². The average Bonchev–Trinajstić information content (AvgIpc) is 3.33. The third kappa shape index (κ3) is 8.63. The van der Waals surface area contributed by atoms with Gasteiger partial charge in [-0.3, -0.25) is 19.9 Å². The van der Waals surface area contributed by atoms with E-state index in [1.807, 2.05) is 36.1 Å². The summed E-state index contributed by atoms with van der Waals surface area (Å²) in [5.74, 6) is 0.365. The van der Waals surface area contributed by atoms with Crippen LogP contribution in [0.15, 0.2) is 35.3 Å². The van der Waals surface area contributed by atoms with Gasteiger partial charge in [0.05, 0.1) is 17.7 Å². The van der Waals surface area contributed by atoms with E-state index in [-0.39, 0.29) is 17.8 Å². The molecule has 0 saturated carbocycles. The Labute approximate surface area is 207 Å². The van der Waals surface area contributed by atoms with E-state index in [0.717, 1.165) is 68.3 Å². The molecule has 0 radical (unpaired) electrons. The predicted molar refractivity (Wildman–Crippen MR) is 137 cm³/mol. The summed E-state index contributed by atoms with van der Waals surface area (Å²) in [6, 6.07) is 9.46. The second-order valence-electron chi connectivity index (χ2n) is 8.28. The second kappa shape index (κ2) is 14.2. The molecule has 0 bridgehead atoms. The Morgan fingerprint density at radius 3 is 2.57 bits per heavy atom. The van der Waals surface area contributed by atoms with Crippen LogP contribution in [0.5, 0.6) is 0 Å². The fraction of sp³-hybridized carbons (Fsp3) is 0.423. The standard InChI is InChI=1S/C12H11N5.C12H20N2O2.C2H2/c1-8-2-3-9-6-10(4-5-11(9)16-8)17-12(14)15-7-13;15-11-6-2-1-3-9-14(11)10-12(16)13-7-4-5-8-13;1-2/h2-6H,1H3,(H3,14,15,17);1-10H2;1-2H. The van der Waals surface area contributed by atoms with Crippen LogP contribution in [0.1, 0.15) is 44.2 Å². The van der Waals surface area contributed by atoms with Gasteiger partial charge in [-0.25, -0.2) is 4.99 Å². The van der Waals surface area contributed by atoms with Gasteiger partial charge >= 0.3 is 0 Å². The summed E-state index contributed by atoms with van der Waals surface area (Å²) in [4.78, 5) is 35.7. The van der Waals surface area contributed by atoms with Gasteiger partial charge in [-0.15, -0.1) is 12.8 Å². The zero-order valence-corrected chi connectivity index (χ0v) is 20.2. The molecule has 3 heterocycles. The number of nitrogens with two attached hydrogens (primary N) is 1. The van der Waals surface area contributed by atoms with Crippen molar-refractivity contribution in [1.29, 1.82) is 5.26 Å². The zero-order chi connectivity index (χ0) is 25.6. The summed E-state index contributed by atoms with van der Waals surface area (Å²) >= 11 is 0. The number of likely N-dealkylation sites (tertiary alicyclic amines) is 2. The zero-order valence-electron chi connectivity index (χ0n) is 20.2. The Hall–Kier alpha value is -4.11. The maximum Gasteiger partial charge on any atom is 0.242 e. The number of benzene rings is 1. The van der Waals surface area contributed by atoms with Gasteiger partial charge in [0.15, 0.2) is 6.19 Å². The summed E-state index contributed by atoms with van der Waals surface area (Å²) in [5, 5.41) is 11.6. The Balaban J connectivity index is 0.000000231. The van der Waals surface area contributed by atoms with Crippen molar-refractivity contribution in [3.63, 3.8) is 0 Å². The van der Waals surface area contributed by atoms with Gasteiger partial charge in [0.1, 0.15) is 0 Å². The number of carbonyl (C=O) groups is 2. The summed E-state index contributed by atoms with van der Waals surface area (Å²) in [6.07, 6.45) is 15.7. The van der Waals surface area contributed by atoms with Crippen LogP contribution in [-0.2, 0) is 9.59 Å². The molecule has 1 aromatic heterocycles. The molecule has 2 fully saturated rings. The maximum absolute atomic E-state index is 11.9. The number of nitriles is 1. The van der Waals surface area contributed by atoms with E-state index in [0.29, 0.717) is 18.7 Å². The number of nitrogens with one attached hydrogen (secondary N) is 1. The highest BCUT2D eigenvalue weighted by Gasteiger charge is 2.23. The van der Waals surface area contributed by atoms with E-state index in [4.69, 9.17) is 11.0 Å². The van der Waals surface area contributed by atoms with Crippen molar-refractivity contribution >= 4 is 34.4 Å². The van der Waals surface area contributed by atoms with Crippen LogP contribution in [0.3, 0.4) is 0 Å². The van der Waals surface area contributed by atoms with E-state index in [9.17, 15) is 9.59 Å². The van der Waals surface area contributed by atoms with Crippen molar-refractivity contribution in [2.24, 2.45) is 10.7 Å². The molecule has 2 aliphatic heterocycles. The number of fused-ring (bicyclic) bond motifs is 1. The van der Waals surface area contributed by atoms with Crippen LogP contribution >= 0.6 is 0 Å². The van der Waals surface area contributed by atoms with Gasteiger partial charge < -0.3 is 15.5 Å². The highest BCUT2D eigenvalue weighted by molar-refractivity contribution is 5.86. The van der Waals surface area contributed by atoms with Crippen molar-refractivity contribution in [2.75, 3.05) is 26.2 Å². The van der Waals surface area contributed by atoms with Crippen molar-refractivity contribution in [3.8, 4) is 19.0 Å². The number of rotatable bonds is 3. The van der Waals surface area contributed by atoms with Gasteiger partial charge in [0.2, 0.25) is 17.8 Å². The largest absolute Gasteiger partial charge is 0.369 e. The number of pyridine rings is 1. The topological polar surface area (TPSA) is 128 Å². The molecule has 0 unspecified atom stereocenters. The monoisotopic (exact) mass is 475 g/mol. The number of hydrogen-bond donors (Lipinski definition) is 2. The fourth-order valence-electron chi connectivity index (χ4n) is 3.94. The van der Waals surface area contributed by atoms with Crippen LogP contribution in [0, 0.1) is 31.2 Å². The first kappa shape index (κ1) is 27.1. The Morgan fingerprint density at radius 2 is 1.86 bits per heavy atom. The number of terminal acetylenes is 1. The van der Waals surface area contributed by atoms with Crippen molar-refractivity contribution < 1.29 is 9.59 Å². The molecule has 9 nitrogen and oxygen atoms in total. The second-order valence-corrected chi connectivity index (χ2v) is 8.28. The quantitative estimate of drug-likeness (QED) is 0.231. The lowest BCUT2D eigenvalue weighted by molar-refractivity contribution is -0.139. The predicted octanol–water partition coefficient (Wildman–Crippen LogP) is 2.82. The minimum Gasteiger partial charge on any atom is -0.369 e. The average molecular weight is 476 g/mol. The molecule has 9 heteroatoms. The minimum atomic E-state index is 0.0759. The molecular weight excluding hydrogens is 442 g/mol. The third-order valence-electron chi connectivity index (χ3n) is 5.70. The van der Waals surface area contributed by atoms with Gasteiger partial charge in [-0.2, -0.15) is 5.26 Å². The number of aryl methyl sites for hydroxylation is 1. The van der Waals surface area contributed by atoms with Crippen LogP contribution in [0.25, 0.3) is 10.9 Å². The first-order valence-electron chi connectivity index (χ1n) is 11.7. The molecule has 0 atom stereocenters. The van der Waals surface area contributed by atoms with Gasteiger partial charge in [-0.1, -0.05) is 12.5 Å². The number of aliphatic imine (C=N–C) groups is 1. The SMILES string of the molecule is C#C.Cc1ccc2cc(N=C(N)NC#N)ccc2n1.O=C(CN1CCCCCC1=O)N1CCCC1. The summed E-state index contributed by atoms with van der Waals surface area (Å²) in [7, 11) is 0. The molecule has 1 aromatic carbocycles. The molecule has 35 heavy (non-hydrogen) atoms. The van der Waals surface area contributed by atoms with Crippen molar-refractivity contribution in [3.05, 3.63) is 36.0 Å². The lowest BCUT2D eigenvalue weighted by Gasteiger charge is -2.23. The number of carbonyl (C=O) groups excluding carboxylic acids is 2. The van der Waals surface area contributed by atoms with Crippen LogP contribution in [-0.4, -0.2) is 58.7 Å². The first-order chi connectivity index (χ1) is 17.0. The van der Waals surface area contributed by atoms with E-state index >= 15 is 0 Å². The smallest absolute Gasteiger partial charge is 0.242 e. The lowest BCUT2D eigenvalue weighted by atomic mass is 10.2. The Kier molecular flexibility index (Phi) is 11.0. The molecule has 0 spiro atoms. The molecule has 184 valence electrons. The number of guanidine groups is 1. The number of amides is 2. The molecule has 4 rings (SSSR count). The highest BCUT2D eigenvalue weighted by Crippen LogP contribution is 2.20. The number of aromatic nitrogens is 1. The Morgan fingerprint density at radius 1 is 1.14 bits per heavy atom. The van der Waals surface area contributed by atoms with Crippen molar-refractivity contribution in [1.82, 2.24) is 20.1 Å². The first-order valence-corrected chi connectivity index (χ1v) is 11.7. The lowest BCUT2D eigenvalue weighted by Crippen LogP contribution is -2.41. The number of nitrogens with zero attached hydrogens (tertiary/aromatic N) is 5. The van der Waals surface area contributed by atoms with Crippen molar-refractivity contribution in [2.45, 2.75) is 45.4 Å². The normalized spacial score (nSPS) is 15.7.